The van der Waals surface area contributed by atoms with Gasteiger partial charge in [0.1, 0.15) is 0 Å². The van der Waals surface area contributed by atoms with E-state index >= 15 is 0 Å². The second kappa shape index (κ2) is 13.1. The van der Waals surface area contributed by atoms with Crippen molar-refractivity contribution in [2.24, 2.45) is 10.7 Å². The Hall–Kier alpha value is -2.17. The zero-order chi connectivity index (χ0) is 19.2. The standard InChI is InChI=1S/C20H31N5O2/c21-17-24-20(22)25(18-10-12-23-13-11-18)14-6-3-1-2-4-7-15-26-19-9-5-8-16-27-19/h10-13,19H,1-9,14-16H2,(H2,22,24). The van der Waals surface area contributed by atoms with E-state index in [1.54, 1.807) is 18.6 Å². The molecule has 1 aromatic heterocycles. The van der Waals surface area contributed by atoms with Gasteiger partial charge < -0.3 is 20.1 Å². The molecule has 1 unspecified atom stereocenters. The van der Waals surface area contributed by atoms with Crippen LogP contribution in [0.3, 0.4) is 0 Å². The smallest absolute Gasteiger partial charge is 0.211 e. The van der Waals surface area contributed by atoms with Crippen LogP contribution >= 0.6 is 0 Å². The molecule has 2 heterocycles. The van der Waals surface area contributed by atoms with Gasteiger partial charge >= 0.3 is 0 Å². The van der Waals surface area contributed by atoms with E-state index in [0.29, 0.717) is 0 Å². The maximum absolute atomic E-state index is 8.75. The molecule has 7 nitrogen and oxygen atoms in total. The average molecular weight is 374 g/mol. The van der Waals surface area contributed by atoms with Gasteiger partial charge in [0.25, 0.3) is 0 Å². The van der Waals surface area contributed by atoms with Crippen LogP contribution in [0.2, 0.25) is 0 Å². The van der Waals surface area contributed by atoms with Crippen molar-refractivity contribution < 1.29 is 9.47 Å². The number of unbranched alkanes of at least 4 members (excludes halogenated alkanes) is 5. The molecule has 0 aliphatic carbocycles. The highest BCUT2D eigenvalue weighted by Gasteiger charge is 2.13. The van der Waals surface area contributed by atoms with Crippen LogP contribution in [-0.2, 0) is 9.47 Å². The van der Waals surface area contributed by atoms with Crippen molar-refractivity contribution in [3.63, 3.8) is 0 Å². The van der Waals surface area contributed by atoms with E-state index in [-0.39, 0.29) is 12.2 Å². The van der Waals surface area contributed by atoms with E-state index in [9.17, 15) is 0 Å². The minimum absolute atomic E-state index is 0.0263. The normalized spacial score (nSPS) is 17.4. The Morgan fingerprint density at radius 2 is 1.96 bits per heavy atom. The Balaban J connectivity index is 1.56. The highest BCUT2D eigenvalue weighted by Crippen LogP contribution is 2.16. The quantitative estimate of drug-likeness (QED) is 0.276. The molecule has 1 aliphatic rings. The monoisotopic (exact) mass is 373 g/mol. The second-order valence-electron chi connectivity index (χ2n) is 6.72. The minimum Gasteiger partial charge on any atom is -0.369 e. The fourth-order valence-electron chi connectivity index (χ4n) is 3.15. The second-order valence-corrected chi connectivity index (χ2v) is 6.72. The van der Waals surface area contributed by atoms with E-state index < -0.39 is 0 Å². The molecule has 2 rings (SSSR count). The maximum Gasteiger partial charge on any atom is 0.211 e. The number of aromatic nitrogens is 1. The molecule has 0 radical (unpaired) electrons. The van der Waals surface area contributed by atoms with Crippen LogP contribution in [0.25, 0.3) is 0 Å². The Morgan fingerprint density at radius 1 is 1.22 bits per heavy atom. The van der Waals surface area contributed by atoms with E-state index in [0.717, 1.165) is 57.6 Å². The van der Waals surface area contributed by atoms with Crippen molar-refractivity contribution in [2.75, 3.05) is 24.7 Å². The molecule has 0 aromatic carbocycles. The molecule has 1 aliphatic heterocycles. The lowest BCUT2D eigenvalue weighted by molar-refractivity contribution is -0.162. The molecular formula is C20H31N5O2. The summed E-state index contributed by atoms with van der Waals surface area (Å²) in [4.78, 5) is 9.55. The lowest BCUT2D eigenvalue weighted by atomic mass is 10.1. The molecule has 1 fully saturated rings. The summed E-state index contributed by atoms with van der Waals surface area (Å²) in [6.45, 7) is 2.37. The summed E-state index contributed by atoms with van der Waals surface area (Å²) >= 11 is 0. The molecule has 1 aromatic rings. The van der Waals surface area contributed by atoms with Gasteiger partial charge in [-0.2, -0.15) is 5.26 Å². The van der Waals surface area contributed by atoms with Crippen molar-refractivity contribution in [1.82, 2.24) is 4.98 Å². The number of aliphatic imine (C=N–C) groups is 1. The highest BCUT2D eigenvalue weighted by atomic mass is 16.7. The zero-order valence-electron chi connectivity index (χ0n) is 16.1. The highest BCUT2D eigenvalue weighted by molar-refractivity contribution is 5.95. The molecule has 1 atom stereocenters. The molecule has 2 N–H and O–H groups in total. The first kappa shape index (κ1) is 21.1. The molecule has 7 heteroatoms. The number of rotatable bonds is 11. The first-order valence-electron chi connectivity index (χ1n) is 9.94. The molecule has 1 saturated heterocycles. The van der Waals surface area contributed by atoms with E-state index in [4.69, 9.17) is 20.5 Å². The van der Waals surface area contributed by atoms with Crippen LogP contribution in [0.1, 0.15) is 57.8 Å². The Kier molecular flexibility index (Phi) is 10.2. The van der Waals surface area contributed by atoms with Crippen LogP contribution in [0.4, 0.5) is 5.69 Å². The number of guanidine groups is 1. The third-order valence-electron chi connectivity index (χ3n) is 4.63. The van der Waals surface area contributed by atoms with Crippen molar-refractivity contribution in [1.29, 1.82) is 5.26 Å². The average Bonchev–Trinajstić information content (AvgIpc) is 2.71. The topological polar surface area (TPSA) is 96.8 Å². The predicted molar refractivity (Wildman–Crippen MR) is 106 cm³/mol. The first-order chi connectivity index (χ1) is 13.3. The first-order valence-corrected chi connectivity index (χ1v) is 9.94. The summed E-state index contributed by atoms with van der Waals surface area (Å²) in [6, 6.07) is 3.74. The maximum atomic E-state index is 8.75. The van der Waals surface area contributed by atoms with Crippen molar-refractivity contribution in [2.45, 2.75) is 64.1 Å². The Labute approximate surface area is 162 Å². The Morgan fingerprint density at radius 3 is 2.67 bits per heavy atom. The number of anilines is 1. The summed E-state index contributed by atoms with van der Waals surface area (Å²) in [5, 5.41) is 8.75. The summed E-state index contributed by atoms with van der Waals surface area (Å²) in [7, 11) is 0. The van der Waals surface area contributed by atoms with Crippen LogP contribution in [-0.4, -0.2) is 37.0 Å². The van der Waals surface area contributed by atoms with Gasteiger partial charge in [0, 0.05) is 37.8 Å². The van der Waals surface area contributed by atoms with E-state index in [2.05, 4.69) is 9.98 Å². The van der Waals surface area contributed by atoms with Crippen LogP contribution < -0.4 is 10.6 Å². The van der Waals surface area contributed by atoms with Crippen molar-refractivity contribution in [3.05, 3.63) is 24.5 Å². The predicted octanol–water partition coefficient (Wildman–Crippen LogP) is 3.57. The van der Waals surface area contributed by atoms with Crippen molar-refractivity contribution >= 4 is 11.6 Å². The van der Waals surface area contributed by atoms with Gasteiger partial charge in [0.2, 0.25) is 12.2 Å². The Bertz CT molecular complexity index is 582. The summed E-state index contributed by atoms with van der Waals surface area (Å²) in [6.07, 6.45) is 15.4. The molecule has 0 bridgehead atoms. The number of nitriles is 1. The van der Waals surface area contributed by atoms with Gasteiger partial charge in [-0.15, -0.1) is 4.99 Å². The van der Waals surface area contributed by atoms with Gasteiger partial charge in [-0.05, 0) is 44.2 Å². The zero-order valence-corrected chi connectivity index (χ0v) is 16.1. The number of nitrogens with zero attached hydrogens (tertiary/aromatic N) is 4. The number of hydrogen-bond donors (Lipinski definition) is 1. The minimum atomic E-state index is 0.0263. The van der Waals surface area contributed by atoms with Crippen LogP contribution in [0.15, 0.2) is 29.5 Å². The van der Waals surface area contributed by atoms with Crippen molar-refractivity contribution in [3.8, 4) is 6.19 Å². The van der Waals surface area contributed by atoms with E-state index in [1.807, 2.05) is 17.0 Å². The number of ether oxygens (including phenoxy) is 2. The van der Waals surface area contributed by atoms with Gasteiger partial charge in [0.05, 0.1) is 0 Å². The molecule has 0 spiro atoms. The fourth-order valence-corrected chi connectivity index (χ4v) is 3.15. The fraction of sp³-hybridized carbons (Fsp3) is 0.650. The van der Waals surface area contributed by atoms with Gasteiger partial charge in [-0.25, -0.2) is 0 Å². The third-order valence-corrected chi connectivity index (χ3v) is 4.63. The van der Waals surface area contributed by atoms with Crippen LogP contribution in [0, 0.1) is 11.5 Å². The lowest BCUT2D eigenvalue weighted by Crippen LogP contribution is -2.38. The molecule has 148 valence electrons. The third kappa shape index (κ3) is 8.37. The number of nitrogens with two attached hydrogens (primary N) is 1. The number of pyridine rings is 1. The molecule has 0 saturated carbocycles. The molecule has 27 heavy (non-hydrogen) atoms. The van der Waals surface area contributed by atoms with Gasteiger partial charge in [-0.3, -0.25) is 4.98 Å². The molecular weight excluding hydrogens is 342 g/mol. The summed E-state index contributed by atoms with van der Waals surface area (Å²) < 4.78 is 11.3. The molecule has 0 amide bonds. The number of hydrogen-bond acceptors (Lipinski definition) is 5. The van der Waals surface area contributed by atoms with Gasteiger partial charge in [0.15, 0.2) is 6.29 Å². The summed E-state index contributed by atoms with van der Waals surface area (Å²) in [5.41, 5.74) is 6.83. The van der Waals surface area contributed by atoms with E-state index in [1.165, 1.54) is 25.7 Å². The SMILES string of the molecule is N#CN=C(N)N(CCCCCCCCOC1CCCCO1)c1ccncc1. The summed E-state index contributed by atoms with van der Waals surface area (Å²) in [5.74, 6) is 0.228. The lowest BCUT2D eigenvalue weighted by Gasteiger charge is -2.23. The largest absolute Gasteiger partial charge is 0.369 e. The van der Waals surface area contributed by atoms with Gasteiger partial charge in [-0.1, -0.05) is 25.7 Å². The van der Waals surface area contributed by atoms with Crippen LogP contribution in [0.5, 0.6) is 0 Å².